The Morgan fingerprint density at radius 2 is 2.00 bits per heavy atom. The van der Waals surface area contributed by atoms with Crippen LogP contribution in [0.1, 0.15) is 37.7 Å². The highest BCUT2D eigenvalue weighted by atomic mass is 14.9. The molecule has 1 aromatic carbocycles. The van der Waals surface area contributed by atoms with Gasteiger partial charge in [-0.1, -0.05) is 36.8 Å². The maximum absolute atomic E-state index is 3.55. The molecule has 1 saturated heterocycles. The van der Waals surface area contributed by atoms with Crippen molar-refractivity contribution in [2.24, 2.45) is 5.92 Å². The van der Waals surface area contributed by atoms with E-state index < -0.39 is 0 Å². The molecule has 1 nitrogen and oxygen atoms in total. The molecule has 0 aliphatic carbocycles. The Morgan fingerprint density at radius 1 is 1.12 bits per heavy atom. The molecule has 1 aliphatic heterocycles. The van der Waals surface area contributed by atoms with Crippen molar-refractivity contribution in [1.29, 1.82) is 0 Å². The van der Waals surface area contributed by atoms with E-state index in [-0.39, 0.29) is 0 Å². The average Bonchev–Trinajstić information content (AvgIpc) is 2.59. The lowest BCUT2D eigenvalue weighted by atomic mass is 9.95. The van der Waals surface area contributed by atoms with Crippen molar-refractivity contribution >= 4 is 0 Å². The second-order valence-electron chi connectivity index (χ2n) is 4.94. The molecule has 1 heteroatoms. The van der Waals surface area contributed by atoms with Crippen LogP contribution in [0.4, 0.5) is 0 Å². The maximum atomic E-state index is 3.55. The Hall–Kier alpha value is -0.820. The van der Waals surface area contributed by atoms with Gasteiger partial charge in [0.15, 0.2) is 0 Å². The van der Waals surface area contributed by atoms with Crippen molar-refractivity contribution in [3.05, 3.63) is 35.9 Å². The van der Waals surface area contributed by atoms with Crippen molar-refractivity contribution in [1.82, 2.24) is 5.32 Å². The minimum atomic E-state index is 0.922. The van der Waals surface area contributed by atoms with Crippen LogP contribution >= 0.6 is 0 Å². The summed E-state index contributed by atoms with van der Waals surface area (Å²) in [5.41, 5.74) is 1.49. The largest absolute Gasteiger partial charge is 0.316 e. The van der Waals surface area contributed by atoms with Crippen LogP contribution in [0.5, 0.6) is 0 Å². The number of nitrogens with one attached hydrogen (secondary N) is 1. The van der Waals surface area contributed by atoms with Gasteiger partial charge in [0.05, 0.1) is 0 Å². The van der Waals surface area contributed by atoms with Crippen LogP contribution in [0.15, 0.2) is 30.3 Å². The van der Waals surface area contributed by atoms with E-state index in [9.17, 15) is 0 Å². The summed E-state index contributed by atoms with van der Waals surface area (Å²) >= 11 is 0. The fraction of sp³-hybridized carbons (Fsp3) is 0.600. The first-order valence-corrected chi connectivity index (χ1v) is 6.70. The number of hydrogen-bond donors (Lipinski definition) is 1. The molecule has 1 heterocycles. The molecule has 0 saturated carbocycles. The molecule has 1 fully saturated rings. The van der Waals surface area contributed by atoms with Gasteiger partial charge in [0.1, 0.15) is 0 Å². The molecule has 1 aliphatic rings. The fourth-order valence-electron chi connectivity index (χ4n) is 2.58. The van der Waals surface area contributed by atoms with Crippen LogP contribution in [0.25, 0.3) is 0 Å². The molecular weight excluding hydrogens is 194 g/mol. The van der Waals surface area contributed by atoms with Gasteiger partial charge in [-0.25, -0.2) is 0 Å². The number of benzene rings is 1. The van der Waals surface area contributed by atoms with Crippen molar-refractivity contribution in [2.75, 3.05) is 13.1 Å². The summed E-state index contributed by atoms with van der Waals surface area (Å²) in [6.07, 6.45) is 8.20. The van der Waals surface area contributed by atoms with E-state index in [1.165, 1.54) is 57.2 Å². The van der Waals surface area contributed by atoms with Gasteiger partial charge < -0.3 is 5.32 Å². The zero-order chi connectivity index (χ0) is 11.1. The van der Waals surface area contributed by atoms with Crippen molar-refractivity contribution in [2.45, 2.75) is 38.5 Å². The molecule has 88 valence electrons. The SMILES string of the molecule is c1ccc(CCCC2CCCCNC2)cc1. The van der Waals surface area contributed by atoms with E-state index in [4.69, 9.17) is 0 Å². The standard InChI is InChI=1S/C15H23N/c1-2-7-14(8-3-1)10-6-11-15-9-4-5-12-16-13-15/h1-3,7-8,15-16H,4-6,9-13H2. The molecule has 16 heavy (non-hydrogen) atoms. The summed E-state index contributed by atoms with van der Waals surface area (Å²) in [6.45, 7) is 2.48. The van der Waals surface area contributed by atoms with Crippen molar-refractivity contribution in [3.63, 3.8) is 0 Å². The van der Waals surface area contributed by atoms with Crippen LogP contribution in [-0.2, 0) is 6.42 Å². The van der Waals surface area contributed by atoms with E-state index in [2.05, 4.69) is 35.6 Å². The van der Waals surface area contributed by atoms with Crippen LogP contribution in [0.3, 0.4) is 0 Å². The molecule has 0 aromatic heterocycles. The molecule has 1 atom stereocenters. The quantitative estimate of drug-likeness (QED) is 0.815. The van der Waals surface area contributed by atoms with Gasteiger partial charge in [-0.15, -0.1) is 0 Å². The van der Waals surface area contributed by atoms with Gasteiger partial charge in [0.2, 0.25) is 0 Å². The third-order valence-electron chi connectivity index (χ3n) is 3.57. The summed E-state index contributed by atoms with van der Waals surface area (Å²) in [5, 5.41) is 3.55. The molecule has 2 rings (SSSR count). The Kier molecular flexibility index (Phi) is 4.88. The third-order valence-corrected chi connectivity index (χ3v) is 3.57. The molecule has 1 unspecified atom stereocenters. The van der Waals surface area contributed by atoms with Crippen LogP contribution in [0.2, 0.25) is 0 Å². The monoisotopic (exact) mass is 217 g/mol. The normalized spacial score (nSPS) is 21.6. The van der Waals surface area contributed by atoms with Gasteiger partial charge >= 0.3 is 0 Å². The third kappa shape index (κ3) is 3.97. The summed E-state index contributed by atoms with van der Waals surface area (Å²) in [7, 11) is 0. The predicted molar refractivity (Wildman–Crippen MR) is 69.6 cm³/mol. The average molecular weight is 217 g/mol. The highest BCUT2D eigenvalue weighted by Gasteiger charge is 2.10. The first-order chi connectivity index (χ1) is 7.95. The van der Waals surface area contributed by atoms with Gasteiger partial charge in [-0.3, -0.25) is 0 Å². The smallest absolute Gasteiger partial charge is 0.00205 e. The summed E-state index contributed by atoms with van der Waals surface area (Å²) in [4.78, 5) is 0. The molecule has 0 radical (unpaired) electrons. The lowest BCUT2D eigenvalue weighted by molar-refractivity contribution is 0.433. The Bertz CT molecular complexity index is 273. The Labute approximate surface area is 99.3 Å². The Morgan fingerprint density at radius 3 is 2.88 bits per heavy atom. The number of aryl methyl sites for hydroxylation is 1. The number of rotatable bonds is 4. The van der Waals surface area contributed by atoms with E-state index in [0.29, 0.717) is 0 Å². The lowest BCUT2D eigenvalue weighted by Gasteiger charge is -2.13. The molecule has 0 amide bonds. The molecule has 1 N–H and O–H groups in total. The molecule has 1 aromatic rings. The van der Waals surface area contributed by atoms with E-state index in [0.717, 1.165) is 5.92 Å². The van der Waals surface area contributed by atoms with Gasteiger partial charge in [0, 0.05) is 0 Å². The van der Waals surface area contributed by atoms with Crippen molar-refractivity contribution < 1.29 is 0 Å². The maximum Gasteiger partial charge on any atom is -0.00205 e. The highest BCUT2D eigenvalue weighted by Crippen LogP contribution is 2.18. The summed E-state index contributed by atoms with van der Waals surface area (Å²) < 4.78 is 0. The van der Waals surface area contributed by atoms with E-state index in [1.54, 1.807) is 0 Å². The molecule has 0 bridgehead atoms. The van der Waals surface area contributed by atoms with Gasteiger partial charge in [0.25, 0.3) is 0 Å². The minimum Gasteiger partial charge on any atom is -0.316 e. The lowest BCUT2D eigenvalue weighted by Crippen LogP contribution is -2.20. The topological polar surface area (TPSA) is 12.0 Å². The highest BCUT2D eigenvalue weighted by molar-refractivity contribution is 5.14. The van der Waals surface area contributed by atoms with Gasteiger partial charge in [-0.2, -0.15) is 0 Å². The second kappa shape index (κ2) is 6.70. The van der Waals surface area contributed by atoms with Crippen molar-refractivity contribution in [3.8, 4) is 0 Å². The first kappa shape index (κ1) is 11.7. The first-order valence-electron chi connectivity index (χ1n) is 6.70. The Balaban J connectivity index is 1.67. The fourth-order valence-corrected chi connectivity index (χ4v) is 2.58. The van der Waals surface area contributed by atoms with Crippen LogP contribution < -0.4 is 5.32 Å². The van der Waals surface area contributed by atoms with E-state index >= 15 is 0 Å². The van der Waals surface area contributed by atoms with Crippen LogP contribution in [-0.4, -0.2) is 13.1 Å². The second-order valence-corrected chi connectivity index (χ2v) is 4.94. The summed E-state index contributed by atoms with van der Waals surface area (Å²) in [5.74, 6) is 0.922. The van der Waals surface area contributed by atoms with E-state index in [1.807, 2.05) is 0 Å². The van der Waals surface area contributed by atoms with Gasteiger partial charge in [-0.05, 0) is 56.7 Å². The predicted octanol–water partition coefficient (Wildman–Crippen LogP) is 3.40. The van der Waals surface area contributed by atoms with Crippen LogP contribution in [0, 0.1) is 5.92 Å². The number of hydrogen-bond acceptors (Lipinski definition) is 1. The zero-order valence-corrected chi connectivity index (χ0v) is 10.1. The minimum absolute atomic E-state index is 0.922. The molecular formula is C15H23N. The zero-order valence-electron chi connectivity index (χ0n) is 10.1. The molecule has 0 spiro atoms. The summed E-state index contributed by atoms with van der Waals surface area (Å²) in [6, 6.07) is 10.9.